The third kappa shape index (κ3) is 3.39. The Morgan fingerprint density at radius 3 is 2.67 bits per heavy atom. The Bertz CT molecular complexity index is 885. The lowest BCUT2D eigenvalue weighted by atomic mass is 9.97. The molecule has 27 heavy (non-hydrogen) atoms. The maximum atomic E-state index is 13.4. The van der Waals surface area contributed by atoms with E-state index in [1.807, 2.05) is 12.2 Å². The summed E-state index contributed by atoms with van der Waals surface area (Å²) < 4.78 is 20.7. The van der Waals surface area contributed by atoms with Crippen molar-refractivity contribution in [3.05, 3.63) is 66.2 Å². The lowest BCUT2D eigenvalue weighted by molar-refractivity contribution is 0.133. The molecule has 0 saturated carbocycles. The third-order valence-electron chi connectivity index (χ3n) is 4.94. The molecule has 2 aliphatic rings. The van der Waals surface area contributed by atoms with Gasteiger partial charge < -0.3 is 9.30 Å². The van der Waals surface area contributed by atoms with E-state index in [0.29, 0.717) is 6.61 Å². The van der Waals surface area contributed by atoms with Gasteiger partial charge >= 0.3 is 6.09 Å². The van der Waals surface area contributed by atoms with E-state index in [-0.39, 0.29) is 11.7 Å². The summed E-state index contributed by atoms with van der Waals surface area (Å²) in [6.07, 6.45) is 10.2. The van der Waals surface area contributed by atoms with Crippen LogP contribution in [0, 0.1) is 5.82 Å². The summed E-state index contributed by atoms with van der Waals surface area (Å²) in [5.74, 6) is 0.812. The monoisotopic (exact) mass is 367 g/mol. The predicted molar refractivity (Wildman–Crippen MR) is 100 cm³/mol. The lowest BCUT2D eigenvalue weighted by Crippen LogP contribution is -2.24. The fourth-order valence-corrected chi connectivity index (χ4v) is 3.65. The van der Waals surface area contributed by atoms with Gasteiger partial charge in [0.2, 0.25) is 0 Å². The molecule has 0 spiro atoms. The topological polar surface area (TPSA) is 47.4 Å². The van der Waals surface area contributed by atoms with Crippen molar-refractivity contribution in [2.24, 2.45) is 0 Å². The van der Waals surface area contributed by atoms with E-state index in [9.17, 15) is 9.18 Å². The van der Waals surface area contributed by atoms with Crippen molar-refractivity contribution in [1.29, 1.82) is 0 Å². The van der Waals surface area contributed by atoms with Crippen molar-refractivity contribution >= 4 is 6.09 Å². The Morgan fingerprint density at radius 1 is 1.22 bits per heavy atom. The zero-order valence-corrected chi connectivity index (χ0v) is 15.3. The van der Waals surface area contributed by atoms with Crippen molar-refractivity contribution in [3.8, 4) is 11.3 Å². The first-order valence-corrected chi connectivity index (χ1v) is 9.34. The van der Waals surface area contributed by atoms with Crippen LogP contribution in [0.15, 0.2) is 48.8 Å². The van der Waals surface area contributed by atoms with Crippen LogP contribution in [0.4, 0.5) is 9.18 Å². The SMILES string of the molecule is CCOC(=O)N1C=CC(c2c(-c3ccc(F)cc3)nc3n2CCCC3)C=C1. The summed E-state index contributed by atoms with van der Waals surface area (Å²) in [4.78, 5) is 18.2. The van der Waals surface area contributed by atoms with Crippen LogP contribution in [0.3, 0.4) is 0 Å². The van der Waals surface area contributed by atoms with E-state index in [0.717, 1.165) is 48.6 Å². The summed E-state index contributed by atoms with van der Waals surface area (Å²) in [5.41, 5.74) is 2.88. The highest BCUT2D eigenvalue weighted by molar-refractivity contribution is 5.71. The molecular weight excluding hydrogens is 345 g/mol. The molecule has 0 bridgehead atoms. The number of allylic oxidation sites excluding steroid dienone is 2. The fraction of sp³-hybridized carbons (Fsp3) is 0.333. The largest absolute Gasteiger partial charge is 0.449 e. The van der Waals surface area contributed by atoms with Gasteiger partial charge in [0.1, 0.15) is 11.6 Å². The van der Waals surface area contributed by atoms with Crippen LogP contribution in [0.2, 0.25) is 0 Å². The molecule has 1 aromatic carbocycles. The molecule has 1 amide bonds. The van der Waals surface area contributed by atoms with Gasteiger partial charge in [-0.15, -0.1) is 0 Å². The maximum absolute atomic E-state index is 13.4. The molecule has 0 fully saturated rings. The second kappa shape index (κ2) is 7.39. The van der Waals surface area contributed by atoms with Gasteiger partial charge in [-0.25, -0.2) is 14.2 Å². The van der Waals surface area contributed by atoms with Gasteiger partial charge in [-0.2, -0.15) is 0 Å². The molecular formula is C21H22FN3O2. The number of carbonyl (C=O) groups is 1. The molecule has 0 unspecified atom stereocenters. The molecule has 4 rings (SSSR count). The molecule has 140 valence electrons. The van der Waals surface area contributed by atoms with Crippen LogP contribution in [0.1, 0.15) is 37.2 Å². The normalized spacial score (nSPS) is 16.4. The molecule has 0 aliphatic carbocycles. The minimum absolute atomic E-state index is 0.00456. The number of halogens is 1. The highest BCUT2D eigenvalue weighted by Crippen LogP contribution is 2.35. The first-order chi connectivity index (χ1) is 13.2. The molecule has 2 aliphatic heterocycles. The molecule has 1 aromatic heterocycles. The van der Waals surface area contributed by atoms with E-state index in [1.165, 1.54) is 17.0 Å². The van der Waals surface area contributed by atoms with Crippen LogP contribution in [-0.2, 0) is 17.7 Å². The number of aryl methyl sites for hydroxylation is 1. The summed E-state index contributed by atoms with van der Waals surface area (Å²) >= 11 is 0. The van der Waals surface area contributed by atoms with Crippen LogP contribution >= 0.6 is 0 Å². The van der Waals surface area contributed by atoms with Crippen molar-refractivity contribution in [2.75, 3.05) is 6.61 Å². The van der Waals surface area contributed by atoms with Crippen LogP contribution in [-0.4, -0.2) is 27.2 Å². The van der Waals surface area contributed by atoms with E-state index < -0.39 is 6.09 Å². The minimum atomic E-state index is -0.391. The van der Waals surface area contributed by atoms with Crippen LogP contribution in [0.5, 0.6) is 0 Å². The number of carbonyl (C=O) groups excluding carboxylic acids is 1. The van der Waals surface area contributed by atoms with Crippen LogP contribution < -0.4 is 0 Å². The quantitative estimate of drug-likeness (QED) is 0.796. The van der Waals surface area contributed by atoms with Gasteiger partial charge in [0.15, 0.2) is 0 Å². The summed E-state index contributed by atoms with van der Waals surface area (Å²) in [5, 5.41) is 0. The number of benzene rings is 1. The Hall–Kier alpha value is -2.89. The number of ether oxygens (including phenoxy) is 1. The van der Waals surface area contributed by atoms with Crippen molar-refractivity contribution in [2.45, 2.75) is 38.6 Å². The molecule has 6 heteroatoms. The standard InChI is InChI=1S/C21H22FN3O2/c1-2-27-21(26)24-13-10-16(11-14-24)20-19(15-6-8-17(22)9-7-15)23-18-5-3-4-12-25(18)20/h6-11,13-14,16H,2-5,12H2,1H3. The van der Waals surface area contributed by atoms with Gasteiger partial charge in [-0.3, -0.25) is 4.90 Å². The molecule has 0 radical (unpaired) electrons. The number of imidazole rings is 1. The second-order valence-electron chi connectivity index (χ2n) is 6.69. The molecule has 3 heterocycles. The van der Waals surface area contributed by atoms with Gasteiger partial charge in [-0.1, -0.05) is 12.2 Å². The number of nitrogens with zero attached hydrogens (tertiary/aromatic N) is 3. The molecule has 0 saturated heterocycles. The maximum Gasteiger partial charge on any atom is 0.417 e. The van der Waals surface area contributed by atoms with Crippen molar-refractivity contribution in [1.82, 2.24) is 14.5 Å². The third-order valence-corrected chi connectivity index (χ3v) is 4.94. The average molecular weight is 367 g/mol. The summed E-state index contributed by atoms with van der Waals surface area (Å²) in [7, 11) is 0. The molecule has 0 atom stereocenters. The fourth-order valence-electron chi connectivity index (χ4n) is 3.65. The zero-order chi connectivity index (χ0) is 18.8. The van der Waals surface area contributed by atoms with Crippen molar-refractivity contribution < 1.29 is 13.9 Å². The first-order valence-electron chi connectivity index (χ1n) is 9.34. The van der Waals surface area contributed by atoms with E-state index in [2.05, 4.69) is 4.57 Å². The smallest absolute Gasteiger partial charge is 0.417 e. The number of amides is 1. The predicted octanol–water partition coefficient (Wildman–Crippen LogP) is 4.61. The Labute approximate surface area is 157 Å². The van der Waals surface area contributed by atoms with Gasteiger partial charge in [0.25, 0.3) is 0 Å². The average Bonchev–Trinajstić information content (AvgIpc) is 3.08. The number of aromatic nitrogens is 2. The van der Waals surface area contributed by atoms with Crippen LogP contribution in [0.25, 0.3) is 11.3 Å². The highest BCUT2D eigenvalue weighted by Gasteiger charge is 2.26. The highest BCUT2D eigenvalue weighted by atomic mass is 19.1. The summed E-state index contributed by atoms with van der Waals surface area (Å²) in [6, 6.07) is 6.47. The zero-order valence-electron chi connectivity index (χ0n) is 15.3. The molecule has 2 aromatic rings. The van der Waals surface area contributed by atoms with Crippen molar-refractivity contribution in [3.63, 3.8) is 0 Å². The van der Waals surface area contributed by atoms with Gasteiger partial charge in [0, 0.05) is 36.8 Å². The number of hydrogen-bond donors (Lipinski definition) is 0. The molecule has 0 N–H and O–H groups in total. The van der Waals surface area contributed by atoms with Gasteiger partial charge in [0.05, 0.1) is 18.0 Å². The Balaban J connectivity index is 1.71. The first kappa shape index (κ1) is 17.5. The number of fused-ring (bicyclic) bond motifs is 1. The van der Waals surface area contributed by atoms with E-state index >= 15 is 0 Å². The lowest BCUT2D eigenvalue weighted by Gasteiger charge is -2.23. The van der Waals surface area contributed by atoms with Gasteiger partial charge in [-0.05, 0) is 44.0 Å². The Kier molecular flexibility index (Phi) is 4.79. The Morgan fingerprint density at radius 2 is 1.96 bits per heavy atom. The summed E-state index contributed by atoms with van der Waals surface area (Å²) in [6.45, 7) is 3.05. The second-order valence-corrected chi connectivity index (χ2v) is 6.69. The van der Waals surface area contributed by atoms with E-state index in [1.54, 1.807) is 31.5 Å². The van der Waals surface area contributed by atoms with E-state index in [4.69, 9.17) is 9.72 Å². The molecule has 5 nitrogen and oxygen atoms in total. The minimum Gasteiger partial charge on any atom is -0.449 e. The number of rotatable bonds is 3. The number of hydrogen-bond acceptors (Lipinski definition) is 3.